The average Bonchev–Trinajstić information content (AvgIpc) is 2.98. The minimum absolute atomic E-state index is 0.316. The van der Waals surface area contributed by atoms with Crippen molar-refractivity contribution < 1.29 is 8.42 Å². The van der Waals surface area contributed by atoms with Crippen molar-refractivity contribution in [2.75, 3.05) is 6.26 Å². The van der Waals surface area contributed by atoms with E-state index < -0.39 is 9.84 Å². The van der Waals surface area contributed by atoms with E-state index in [1.54, 1.807) is 35.6 Å². The van der Waals surface area contributed by atoms with Gasteiger partial charge in [-0.2, -0.15) is 0 Å². The van der Waals surface area contributed by atoms with Crippen molar-refractivity contribution in [2.24, 2.45) is 5.73 Å². The fourth-order valence-corrected chi connectivity index (χ4v) is 4.29. The van der Waals surface area contributed by atoms with E-state index in [0.29, 0.717) is 11.4 Å². The van der Waals surface area contributed by atoms with E-state index in [4.69, 9.17) is 5.73 Å². The Kier molecular flexibility index (Phi) is 3.78. The summed E-state index contributed by atoms with van der Waals surface area (Å²) in [5.41, 5.74) is 6.77. The molecule has 0 aliphatic heterocycles. The fourth-order valence-electron chi connectivity index (χ4n) is 1.95. The molecule has 0 spiro atoms. The number of fused-ring (bicyclic) bond motifs is 1. The summed E-state index contributed by atoms with van der Waals surface area (Å²) >= 11 is 3.05. The largest absolute Gasteiger partial charge is 0.325 e. The minimum atomic E-state index is -3.16. The molecule has 2 N–H and O–H groups in total. The maximum atomic E-state index is 11.4. The number of sulfone groups is 1. The Labute approximate surface area is 130 Å². The number of benzene rings is 1. The van der Waals surface area contributed by atoms with Crippen LogP contribution in [0.3, 0.4) is 0 Å². The summed E-state index contributed by atoms with van der Waals surface area (Å²) in [5.74, 6) is 0. The van der Waals surface area contributed by atoms with E-state index in [0.717, 1.165) is 20.6 Å². The summed E-state index contributed by atoms with van der Waals surface area (Å²) in [6, 6.07) is 6.79. The van der Waals surface area contributed by atoms with Crippen molar-refractivity contribution in [2.45, 2.75) is 21.4 Å². The van der Waals surface area contributed by atoms with Gasteiger partial charge < -0.3 is 5.73 Å². The first-order chi connectivity index (χ1) is 9.99. The molecule has 0 atom stereocenters. The number of imidazole rings is 1. The Hall–Kier alpha value is -1.35. The lowest BCUT2D eigenvalue weighted by Crippen LogP contribution is -2.01. The zero-order valence-corrected chi connectivity index (χ0v) is 13.6. The second-order valence-electron chi connectivity index (χ2n) is 4.47. The topological polar surface area (TPSA) is 77.5 Å². The van der Waals surface area contributed by atoms with Crippen LogP contribution in [0.15, 0.2) is 50.7 Å². The summed E-state index contributed by atoms with van der Waals surface area (Å²) in [6.45, 7) is 0.404. The molecule has 2 heterocycles. The predicted octanol–water partition coefficient (Wildman–Crippen LogP) is 2.41. The van der Waals surface area contributed by atoms with E-state index in [1.165, 1.54) is 18.0 Å². The molecule has 0 bridgehead atoms. The van der Waals surface area contributed by atoms with Gasteiger partial charge in [-0.1, -0.05) is 11.8 Å². The number of thiazole rings is 1. The van der Waals surface area contributed by atoms with Crippen LogP contribution in [0.25, 0.3) is 4.96 Å². The normalized spacial score (nSPS) is 12.1. The van der Waals surface area contributed by atoms with Crippen LogP contribution in [0.4, 0.5) is 0 Å². The molecule has 110 valence electrons. The van der Waals surface area contributed by atoms with Crippen LogP contribution in [-0.2, 0) is 16.4 Å². The highest BCUT2D eigenvalue weighted by Gasteiger charge is 2.13. The molecule has 3 rings (SSSR count). The van der Waals surface area contributed by atoms with E-state index in [-0.39, 0.29) is 0 Å². The number of nitrogens with zero attached hydrogens (tertiary/aromatic N) is 2. The summed E-state index contributed by atoms with van der Waals surface area (Å²) in [5, 5.41) is 2.83. The van der Waals surface area contributed by atoms with E-state index in [1.807, 2.05) is 16.0 Å². The lowest BCUT2D eigenvalue weighted by molar-refractivity contribution is 0.602. The van der Waals surface area contributed by atoms with Crippen LogP contribution < -0.4 is 5.73 Å². The average molecular weight is 339 g/mol. The molecule has 3 aromatic rings. The van der Waals surface area contributed by atoms with E-state index in [2.05, 4.69) is 4.98 Å². The standard InChI is InChI=1S/C13H13N3O2S3/c1-21(17,18)10-4-2-9(3-5-10)20-12-11(8-14)16-6-7-19-13(16)15-12/h2-7H,8,14H2,1H3. The number of hydrogen-bond acceptors (Lipinski definition) is 6. The van der Waals surface area contributed by atoms with Gasteiger partial charge in [0, 0.05) is 29.3 Å². The third kappa shape index (κ3) is 2.84. The molecule has 0 aliphatic carbocycles. The molecule has 0 aliphatic rings. The Morgan fingerprint density at radius 2 is 2.05 bits per heavy atom. The van der Waals surface area contributed by atoms with Gasteiger partial charge in [0.2, 0.25) is 0 Å². The van der Waals surface area contributed by atoms with Gasteiger partial charge >= 0.3 is 0 Å². The molecule has 0 amide bonds. The first kappa shape index (κ1) is 14.6. The van der Waals surface area contributed by atoms with Gasteiger partial charge in [-0.05, 0) is 24.3 Å². The van der Waals surface area contributed by atoms with E-state index in [9.17, 15) is 8.42 Å². The minimum Gasteiger partial charge on any atom is -0.325 e. The first-order valence-corrected chi connectivity index (χ1v) is 9.70. The van der Waals surface area contributed by atoms with E-state index >= 15 is 0 Å². The highest BCUT2D eigenvalue weighted by molar-refractivity contribution is 7.99. The number of aromatic nitrogens is 2. The van der Waals surface area contributed by atoms with Crippen LogP contribution in [0.5, 0.6) is 0 Å². The van der Waals surface area contributed by atoms with Gasteiger partial charge in [-0.25, -0.2) is 13.4 Å². The molecule has 1 aromatic carbocycles. The Balaban J connectivity index is 1.93. The van der Waals surface area contributed by atoms with Crippen molar-refractivity contribution in [3.05, 3.63) is 41.5 Å². The summed E-state index contributed by atoms with van der Waals surface area (Å²) in [4.78, 5) is 6.71. The molecule has 0 saturated carbocycles. The zero-order valence-electron chi connectivity index (χ0n) is 11.2. The van der Waals surface area contributed by atoms with Crippen molar-refractivity contribution in [3.63, 3.8) is 0 Å². The molecule has 0 fully saturated rings. The molecule has 0 unspecified atom stereocenters. The van der Waals surface area contributed by atoms with Gasteiger partial charge in [0.05, 0.1) is 10.6 Å². The predicted molar refractivity (Wildman–Crippen MR) is 84.6 cm³/mol. The molecular weight excluding hydrogens is 326 g/mol. The second kappa shape index (κ2) is 5.45. The van der Waals surface area contributed by atoms with Gasteiger partial charge in [0.25, 0.3) is 0 Å². The number of nitrogens with two attached hydrogens (primary N) is 1. The Morgan fingerprint density at radius 3 is 2.67 bits per heavy atom. The van der Waals surface area contributed by atoms with Gasteiger partial charge in [0.15, 0.2) is 14.8 Å². The Bertz CT molecular complexity index is 879. The highest BCUT2D eigenvalue weighted by Crippen LogP contribution is 2.32. The second-order valence-corrected chi connectivity index (χ2v) is 8.42. The maximum Gasteiger partial charge on any atom is 0.194 e. The van der Waals surface area contributed by atoms with Crippen LogP contribution >= 0.6 is 23.1 Å². The third-order valence-corrected chi connectivity index (χ3v) is 5.90. The zero-order chi connectivity index (χ0) is 15.0. The molecule has 2 aromatic heterocycles. The van der Waals surface area contributed by atoms with Crippen LogP contribution in [-0.4, -0.2) is 24.1 Å². The lowest BCUT2D eigenvalue weighted by atomic mass is 10.4. The van der Waals surface area contributed by atoms with Crippen LogP contribution in [0, 0.1) is 0 Å². The molecule has 5 nitrogen and oxygen atoms in total. The van der Waals surface area contributed by atoms with Crippen molar-refractivity contribution in [1.82, 2.24) is 9.38 Å². The highest BCUT2D eigenvalue weighted by atomic mass is 32.2. The molecule has 21 heavy (non-hydrogen) atoms. The number of hydrogen-bond donors (Lipinski definition) is 1. The quantitative estimate of drug-likeness (QED) is 0.790. The molecule has 8 heteroatoms. The molecule has 0 radical (unpaired) electrons. The Morgan fingerprint density at radius 1 is 1.33 bits per heavy atom. The summed E-state index contributed by atoms with van der Waals surface area (Å²) in [7, 11) is -3.16. The SMILES string of the molecule is CS(=O)(=O)c1ccc(Sc2nc3sccn3c2CN)cc1. The van der Waals surface area contributed by atoms with Crippen LogP contribution in [0.2, 0.25) is 0 Å². The van der Waals surface area contributed by atoms with Gasteiger partial charge in [-0.3, -0.25) is 4.40 Å². The van der Waals surface area contributed by atoms with Gasteiger partial charge in [-0.15, -0.1) is 11.3 Å². The monoisotopic (exact) mass is 339 g/mol. The summed E-state index contributed by atoms with van der Waals surface area (Å²) < 4.78 is 24.9. The van der Waals surface area contributed by atoms with Crippen molar-refractivity contribution >= 4 is 37.9 Å². The summed E-state index contributed by atoms with van der Waals surface area (Å²) in [6.07, 6.45) is 3.15. The molecule has 0 saturated heterocycles. The number of rotatable bonds is 4. The first-order valence-electron chi connectivity index (χ1n) is 6.11. The van der Waals surface area contributed by atoms with Gasteiger partial charge in [0.1, 0.15) is 5.03 Å². The maximum absolute atomic E-state index is 11.4. The van der Waals surface area contributed by atoms with Crippen LogP contribution in [0.1, 0.15) is 5.69 Å². The fraction of sp³-hybridized carbons (Fsp3) is 0.154. The van der Waals surface area contributed by atoms with Crippen molar-refractivity contribution in [3.8, 4) is 0 Å². The van der Waals surface area contributed by atoms with Crippen molar-refractivity contribution in [1.29, 1.82) is 0 Å². The molecular formula is C13H13N3O2S3. The third-order valence-electron chi connectivity index (χ3n) is 2.98. The lowest BCUT2D eigenvalue weighted by Gasteiger charge is -2.03. The smallest absolute Gasteiger partial charge is 0.194 e.